The number of hydrogen-bond acceptors (Lipinski definition) is 3. The molecule has 0 N–H and O–H groups in total. The van der Waals surface area contributed by atoms with Crippen molar-refractivity contribution in [2.24, 2.45) is 0 Å². The highest BCUT2D eigenvalue weighted by atomic mass is 16.7. The molecule has 0 unspecified atom stereocenters. The first kappa shape index (κ1) is 16.0. The Hall–Kier alpha value is -2.06. The van der Waals surface area contributed by atoms with E-state index < -0.39 is 5.91 Å². The smallest absolute Gasteiger partial charge is 0.287 e. The van der Waals surface area contributed by atoms with Crippen molar-refractivity contribution in [3.63, 3.8) is 0 Å². The minimum absolute atomic E-state index is 0.0612. The number of amides is 1. The highest BCUT2D eigenvalue weighted by Crippen LogP contribution is 2.19. The summed E-state index contributed by atoms with van der Waals surface area (Å²) in [6, 6.07) is 3.92. The lowest BCUT2D eigenvalue weighted by atomic mass is 10.1. The zero-order valence-corrected chi connectivity index (χ0v) is 12.7. The fourth-order valence-corrected chi connectivity index (χ4v) is 2.09. The van der Waals surface area contributed by atoms with Crippen LogP contribution in [0.1, 0.15) is 30.3 Å². The Morgan fingerprint density at radius 2 is 2.20 bits per heavy atom. The molecule has 0 atom stereocenters. The number of hydroxylamine groups is 2. The molecule has 108 valence electrons. The van der Waals surface area contributed by atoms with Gasteiger partial charge in [0.15, 0.2) is 0 Å². The minimum Gasteiger partial charge on any atom is -0.349 e. The SMILES string of the molecule is CCCn1c(C)cc(/C=C(/C#N)C(=O)N(C)OC)c1C. The lowest BCUT2D eigenvalue weighted by Crippen LogP contribution is -2.26. The van der Waals surface area contributed by atoms with Gasteiger partial charge in [-0.2, -0.15) is 5.26 Å². The molecule has 0 aliphatic carbocycles. The molecule has 1 amide bonds. The van der Waals surface area contributed by atoms with E-state index in [-0.39, 0.29) is 5.57 Å². The Morgan fingerprint density at radius 3 is 2.70 bits per heavy atom. The molecule has 5 nitrogen and oxygen atoms in total. The third-order valence-electron chi connectivity index (χ3n) is 3.27. The predicted molar refractivity (Wildman–Crippen MR) is 77.6 cm³/mol. The number of aromatic nitrogens is 1. The second-order valence-electron chi connectivity index (χ2n) is 4.63. The monoisotopic (exact) mass is 275 g/mol. The second-order valence-corrected chi connectivity index (χ2v) is 4.63. The van der Waals surface area contributed by atoms with Gasteiger partial charge in [0.2, 0.25) is 0 Å². The fourth-order valence-electron chi connectivity index (χ4n) is 2.09. The summed E-state index contributed by atoms with van der Waals surface area (Å²) in [5.74, 6) is -0.449. The van der Waals surface area contributed by atoms with E-state index in [0.29, 0.717) is 0 Å². The molecule has 0 aliphatic heterocycles. The molecule has 1 heterocycles. The van der Waals surface area contributed by atoms with Gasteiger partial charge in [0.1, 0.15) is 11.6 Å². The molecule has 0 spiro atoms. The molecule has 0 saturated heterocycles. The summed E-state index contributed by atoms with van der Waals surface area (Å²) in [6.07, 6.45) is 2.66. The number of rotatable bonds is 5. The van der Waals surface area contributed by atoms with Crippen molar-refractivity contribution in [3.05, 3.63) is 28.6 Å². The van der Waals surface area contributed by atoms with Gasteiger partial charge in [0.05, 0.1) is 7.11 Å². The average molecular weight is 275 g/mol. The van der Waals surface area contributed by atoms with Crippen LogP contribution in [0.2, 0.25) is 0 Å². The molecule has 1 aromatic heterocycles. The van der Waals surface area contributed by atoms with Crippen molar-refractivity contribution >= 4 is 12.0 Å². The zero-order chi connectivity index (χ0) is 15.3. The molecular weight excluding hydrogens is 254 g/mol. The molecule has 0 aromatic carbocycles. The quantitative estimate of drug-likeness (QED) is 0.471. The van der Waals surface area contributed by atoms with Crippen molar-refractivity contribution in [1.29, 1.82) is 5.26 Å². The van der Waals surface area contributed by atoms with Crippen LogP contribution in [-0.2, 0) is 16.2 Å². The van der Waals surface area contributed by atoms with Gasteiger partial charge in [-0.1, -0.05) is 6.92 Å². The van der Waals surface area contributed by atoms with Crippen molar-refractivity contribution in [2.45, 2.75) is 33.7 Å². The summed E-state index contributed by atoms with van der Waals surface area (Å²) >= 11 is 0. The first-order chi connectivity index (χ1) is 9.46. The standard InChI is InChI=1S/C15H21N3O2/c1-6-7-18-11(2)8-13(12(18)3)9-14(10-16)15(19)17(4)20-5/h8-9H,6-7H2,1-5H3/b14-9-. The van der Waals surface area contributed by atoms with E-state index in [0.717, 1.165) is 35.0 Å². The maximum atomic E-state index is 11.9. The summed E-state index contributed by atoms with van der Waals surface area (Å²) in [5.41, 5.74) is 3.14. The normalized spacial score (nSPS) is 11.3. The number of nitrogens with zero attached hydrogens (tertiary/aromatic N) is 3. The predicted octanol–water partition coefficient (Wildman–Crippen LogP) is 2.44. The van der Waals surface area contributed by atoms with E-state index in [1.54, 1.807) is 6.08 Å². The van der Waals surface area contributed by atoms with Crippen LogP contribution in [0.25, 0.3) is 6.08 Å². The van der Waals surface area contributed by atoms with E-state index in [2.05, 4.69) is 11.5 Å². The van der Waals surface area contributed by atoms with Gasteiger partial charge >= 0.3 is 0 Å². The number of aryl methyl sites for hydroxylation is 1. The van der Waals surface area contributed by atoms with E-state index in [1.807, 2.05) is 26.0 Å². The van der Waals surface area contributed by atoms with Gasteiger partial charge in [-0.3, -0.25) is 9.63 Å². The maximum Gasteiger partial charge on any atom is 0.287 e. The Balaban J connectivity index is 3.18. The van der Waals surface area contributed by atoms with Crippen LogP contribution in [0.4, 0.5) is 0 Å². The van der Waals surface area contributed by atoms with Gasteiger partial charge in [-0.15, -0.1) is 0 Å². The van der Waals surface area contributed by atoms with Crippen molar-refractivity contribution < 1.29 is 9.63 Å². The van der Waals surface area contributed by atoms with Crippen LogP contribution in [0.5, 0.6) is 0 Å². The van der Waals surface area contributed by atoms with Crippen LogP contribution in [0.3, 0.4) is 0 Å². The molecule has 0 saturated carbocycles. The van der Waals surface area contributed by atoms with Crippen LogP contribution >= 0.6 is 0 Å². The number of hydrogen-bond donors (Lipinski definition) is 0. The first-order valence-corrected chi connectivity index (χ1v) is 6.56. The summed E-state index contributed by atoms with van der Waals surface area (Å²) < 4.78 is 2.19. The van der Waals surface area contributed by atoms with E-state index >= 15 is 0 Å². The third kappa shape index (κ3) is 3.28. The molecule has 0 aliphatic rings. The fraction of sp³-hybridized carbons (Fsp3) is 0.467. The Morgan fingerprint density at radius 1 is 1.55 bits per heavy atom. The number of carbonyl (C=O) groups excluding carboxylic acids is 1. The summed E-state index contributed by atoms with van der Waals surface area (Å²) in [5, 5.41) is 10.2. The molecule has 1 rings (SSSR count). The third-order valence-corrected chi connectivity index (χ3v) is 3.27. The van der Waals surface area contributed by atoms with E-state index in [4.69, 9.17) is 10.1 Å². The van der Waals surface area contributed by atoms with Crippen molar-refractivity contribution in [1.82, 2.24) is 9.63 Å². The molecule has 0 radical (unpaired) electrons. The molecule has 0 fully saturated rings. The molecule has 20 heavy (non-hydrogen) atoms. The summed E-state index contributed by atoms with van der Waals surface area (Å²) in [7, 11) is 2.87. The van der Waals surface area contributed by atoms with Crippen LogP contribution < -0.4 is 0 Å². The minimum atomic E-state index is -0.449. The second kappa shape index (κ2) is 6.92. The Bertz CT molecular complexity index is 564. The summed E-state index contributed by atoms with van der Waals surface area (Å²) in [6.45, 7) is 7.06. The van der Waals surface area contributed by atoms with Crippen molar-refractivity contribution in [2.75, 3.05) is 14.2 Å². The van der Waals surface area contributed by atoms with Gasteiger partial charge < -0.3 is 4.57 Å². The van der Waals surface area contributed by atoms with Crippen LogP contribution in [-0.4, -0.2) is 29.7 Å². The number of nitriles is 1. The van der Waals surface area contributed by atoms with Crippen LogP contribution in [0, 0.1) is 25.2 Å². The highest BCUT2D eigenvalue weighted by molar-refractivity contribution is 6.01. The van der Waals surface area contributed by atoms with Gasteiger partial charge in [0.25, 0.3) is 5.91 Å². The lowest BCUT2D eigenvalue weighted by molar-refractivity contribution is -0.163. The topological polar surface area (TPSA) is 58.3 Å². The average Bonchev–Trinajstić information content (AvgIpc) is 2.71. The molecule has 0 bridgehead atoms. The Kier molecular flexibility index (Phi) is 5.53. The summed E-state index contributed by atoms with van der Waals surface area (Å²) in [4.78, 5) is 16.8. The Labute approximate surface area is 120 Å². The number of likely N-dealkylation sites (N-methyl/N-ethyl adjacent to an activating group) is 1. The molecular formula is C15H21N3O2. The highest BCUT2D eigenvalue weighted by Gasteiger charge is 2.16. The van der Waals surface area contributed by atoms with E-state index in [9.17, 15) is 4.79 Å². The van der Waals surface area contributed by atoms with Crippen LogP contribution in [0.15, 0.2) is 11.6 Å². The van der Waals surface area contributed by atoms with Crippen molar-refractivity contribution in [3.8, 4) is 6.07 Å². The number of carbonyl (C=O) groups is 1. The van der Waals surface area contributed by atoms with Gasteiger partial charge in [-0.05, 0) is 38.0 Å². The van der Waals surface area contributed by atoms with E-state index in [1.165, 1.54) is 14.2 Å². The van der Waals surface area contributed by atoms with Gasteiger partial charge in [-0.25, -0.2) is 5.06 Å². The maximum absolute atomic E-state index is 11.9. The molecule has 1 aromatic rings. The van der Waals surface area contributed by atoms with Gasteiger partial charge in [0, 0.05) is 25.0 Å². The first-order valence-electron chi connectivity index (χ1n) is 6.56. The molecule has 5 heteroatoms. The zero-order valence-electron chi connectivity index (χ0n) is 12.7. The largest absolute Gasteiger partial charge is 0.349 e. The lowest BCUT2D eigenvalue weighted by Gasteiger charge is -2.12.